The summed E-state index contributed by atoms with van der Waals surface area (Å²) in [6.45, 7) is 4.14. The van der Waals surface area contributed by atoms with Gasteiger partial charge in [0.1, 0.15) is 5.75 Å². The van der Waals surface area contributed by atoms with E-state index in [0.717, 1.165) is 5.69 Å². The summed E-state index contributed by atoms with van der Waals surface area (Å²) in [6.07, 6.45) is -0.545. The lowest BCUT2D eigenvalue weighted by molar-refractivity contribution is -0.118. The first-order chi connectivity index (χ1) is 12.0. The third-order valence-corrected chi connectivity index (χ3v) is 3.52. The van der Waals surface area contributed by atoms with Crippen molar-refractivity contribution in [2.45, 2.75) is 19.8 Å². The minimum absolute atomic E-state index is 0.101. The Balaban J connectivity index is 1.82. The van der Waals surface area contributed by atoms with Gasteiger partial charge in [0.2, 0.25) is 0 Å². The van der Waals surface area contributed by atoms with Gasteiger partial charge in [-0.2, -0.15) is 0 Å². The van der Waals surface area contributed by atoms with Gasteiger partial charge in [-0.1, -0.05) is 26.0 Å². The molecule has 0 radical (unpaired) electrons. The van der Waals surface area contributed by atoms with Crippen LogP contribution < -0.4 is 15.4 Å². The van der Waals surface area contributed by atoms with Crippen LogP contribution in [0.15, 0.2) is 48.5 Å². The van der Waals surface area contributed by atoms with E-state index in [4.69, 9.17) is 4.74 Å². The molecule has 0 saturated heterocycles. The Morgan fingerprint density at radius 3 is 2.04 bits per heavy atom. The van der Waals surface area contributed by atoms with Crippen LogP contribution in [0.1, 0.15) is 25.3 Å². The van der Waals surface area contributed by atoms with Crippen molar-refractivity contribution < 1.29 is 19.1 Å². The fourth-order valence-corrected chi connectivity index (χ4v) is 2.10. The standard InChI is InChI=1S/C19H22N2O4/c1-13(2)14-4-6-15(7-5-14)20-18(22)12-25-17-10-8-16(9-11-17)21-19(23)24-3/h4-11,13H,12H2,1-3H3,(H,20,22)(H,21,23). The van der Waals surface area contributed by atoms with Crippen LogP contribution in [0, 0.1) is 0 Å². The molecule has 0 aliphatic heterocycles. The number of carbonyl (C=O) groups excluding carboxylic acids is 2. The van der Waals surface area contributed by atoms with Gasteiger partial charge in [-0.15, -0.1) is 0 Å². The molecule has 2 aromatic rings. The number of ether oxygens (including phenoxy) is 2. The first-order valence-electron chi connectivity index (χ1n) is 7.95. The molecular formula is C19H22N2O4. The third-order valence-electron chi connectivity index (χ3n) is 3.52. The first kappa shape index (κ1) is 18.3. The first-order valence-corrected chi connectivity index (χ1v) is 7.95. The van der Waals surface area contributed by atoms with E-state index in [2.05, 4.69) is 29.2 Å². The van der Waals surface area contributed by atoms with Crippen molar-refractivity contribution in [1.29, 1.82) is 0 Å². The molecule has 2 N–H and O–H groups in total. The fraction of sp³-hybridized carbons (Fsp3) is 0.263. The summed E-state index contributed by atoms with van der Waals surface area (Å²) in [5, 5.41) is 5.32. The number of hydrogen-bond acceptors (Lipinski definition) is 4. The molecule has 0 unspecified atom stereocenters. The van der Waals surface area contributed by atoms with Crippen LogP contribution >= 0.6 is 0 Å². The molecule has 6 heteroatoms. The van der Waals surface area contributed by atoms with E-state index in [1.165, 1.54) is 12.7 Å². The van der Waals surface area contributed by atoms with Crippen molar-refractivity contribution in [2.75, 3.05) is 24.4 Å². The van der Waals surface area contributed by atoms with Gasteiger partial charge in [0.25, 0.3) is 5.91 Å². The molecular weight excluding hydrogens is 320 g/mol. The lowest BCUT2D eigenvalue weighted by Crippen LogP contribution is -2.20. The number of benzene rings is 2. The van der Waals surface area contributed by atoms with E-state index < -0.39 is 6.09 Å². The molecule has 132 valence electrons. The topological polar surface area (TPSA) is 76.7 Å². The lowest BCUT2D eigenvalue weighted by Gasteiger charge is -2.10. The summed E-state index contributed by atoms with van der Waals surface area (Å²) < 4.78 is 9.94. The van der Waals surface area contributed by atoms with Crippen molar-refractivity contribution in [1.82, 2.24) is 0 Å². The second-order valence-electron chi connectivity index (χ2n) is 5.75. The average Bonchev–Trinajstić information content (AvgIpc) is 2.61. The quantitative estimate of drug-likeness (QED) is 0.832. The minimum Gasteiger partial charge on any atom is -0.484 e. The Morgan fingerprint density at radius 1 is 0.920 bits per heavy atom. The molecule has 0 fully saturated rings. The van der Waals surface area contributed by atoms with Gasteiger partial charge in [-0.25, -0.2) is 4.79 Å². The van der Waals surface area contributed by atoms with Crippen molar-refractivity contribution in [3.8, 4) is 5.75 Å². The molecule has 0 aliphatic carbocycles. The zero-order valence-corrected chi connectivity index (χ0v) is 14.5. The number of carbonyl (C=O) groups is 2. The van der Waals surface area contributed by atoms with E-state index >= 15 is 0 Å². The number of methoxy groups -OCH3 is 1. The van der Waals surface area contributed by atoms with E-state index in [9.17, 15) is 9.59 Å². The van der Waals surface area contributed by atoms with Crippen LogP contribution in [-0.4, -0.2) is 25.7 Å². The molecule has 0 spiro atoms. The molecule has 2 rings (SSSR count). The second kappa shape index (κ2) is 8.73. The molecule has 0 heterocycles. The second-order valence-corrected chi connectivity index (χ2v) is 5.75. The number of rotatable bonds is 6. The van der Waals surface area contributed by atoms with Crippen LogP contribution in [0.2, 0.25) is 0 Å². The van der Waals surface area contributed by atoms with Gasteiger partial charge in [-0.05, 0) is 47.9 Å². The van der Waals surface area contributed by atoms with Gasteiger partial charge in [0.05, 0.1) is 7.11 Å². The molecule has 0 atom stereocenters. The molecule has 0 aromatic heterocycles. The van der Waals surface area contributed by atoms with Gasteiger partial charge in [0.15, 0.2) is 6.61 Å². The van der Waals surface area contributed by atoms with E-state index in [1.807, 2.05) is 24.3 Å². The van der Waals surface area contributed by atoms with E-state index in [-0.39, 0.29) is 12.5 Å². The Hall–Kier alpha value is -3.02. The highest BCUT2D eigenvalue weighted by molar-refractivity contribution is 5.91. The van der Waals surface area contributed by atoms with Crippen molar-refractivity contribution in [3.05, 3.63) is 54.1 Å². The van der Waals surface area contributed by atoms with Crippen LogP contribution in [0.5, 0.6) is 5.75 Å². The molecule has 2 amide bonds. The lowest BCUT2D eigenvalue weighted by atomic mass is 10.0. The minimum atomic E-state index is -0.545. The van der Waals surface area contributed by atoms with Crippen LogP contribution in [0.4, 0.5) is 16.2 Å². The maximum atomic E-state index is 11.9. The van der Waals surface area contributed by atoms with Gasteiger partial charge < -0.3 is 14.8 Å². The number of nitrogens with one attached hydrogen (secondary N) is 2. The van der Waals surface area contributed by atoms with Crippen molar-refractivity contribution in [2.24, 2.45) is 0 Å². The van der Waals surface area contributed by atoms with E-state index in [0.29, 0.717) is 17.4 Å². The SMILES string of the molecule is COC(=O)Nc1ccc(OCC(=O)Nc2ccc(C(C)C)cc2)cc1. The zero-order valence-electron chi connectivity index (χ0n) is 14.5. The van der Waals surface area contributed by atoms with Crippen molar-refractivity contribution >= 4 is 23.4 Å². The molecule has 0 saturated carbocycles. The predicted molar refractivity (Wildman–Crippen MR) is 97.1 cm³/mol. The number of hydrogen-bond donors (Lipinski definition) is 2. The Morgan fingerprint density at radius 2 is 1.48 bits per heavy atom. The van der Waals surface area contributed by atoms with Gasteiger partial charge >= 0.3 is 6.09 Å². The molecule has 0 aliphatic rings. The smallest absolute Gasteiger partial charge is 0.411 e. The van der Waals surface area contributed by atoms with Crippen LogP contribution in [0.25, 0.3) is 0 Å². The molecule has 0 bridgehead atoms. The average molecular weight is 342 g/mol. The maximum Gasteiger partial charge on any atom is 0.411 e. The van der Waals surface area contributed by atoms with Crippen LogP contribution in [-0.2, 0) is 9.53 Å². The Kier molecular flexibility index (Phi) is 6.39. The highest BCUT2D eigenvalue weighted by Gasteiger charge is 2.06. The predicted octanol–water partition coefficient (Wildman–Crippen LogP) is 4.01. The molecule has 2 aromatic carbocycles. The zero-order chi connectivity index (χ0) is 18.2. The summed E-state index contributed by atoms with van der Waals surface area (Å²) in [4.78, 5) is 23.0. The highest BCUT2D eigenvalue weighted by atomic mass is 16.5. The van der Waals surface area contributed by atoms with E-state index in [1.54, 1.807) is 24.3 Å². The molecule has 25 heavy (non-hydrogen) atoms. The maximum absolute atomic E-state index is 11.9. The normalized spacial score (nSPS) is 10.2. The van der Waals surface area contributed by atoms with Gasteiger partial charge in [0, 0.05) is 11.4 Å². The number of amides is 2. The molecule has 6 nitrogen and oxygen atoms in total. The summed E-state index contributed by atoms with van der Waals surface area (Å²) in [7, 11) is 1.29. The summed E-state index contributed by atoms with van der Waals surface area (Å²) in [5.74, 6) is 0.736. The highest BCUT2D eigenvalue weighted by Crippen LogP contribution is 2.18. The largest absolute Gasteiger partial charge is 0.484 e. The third kappa shape index (κ3) is 5.84. The van der Waals surface area contributed by atoms with Gasteiger partial charge in [-0.3, -0.25) is 10.1 Å². The summed E-state index contributed by atoms with van der Waals surface area (Å²) in [6, 6.07) is 14.4. The Bertz CT molecular complexity index is 709. The summed E-state index contributed by atoms with van der Waals surface area (Å²) in [5.41, 5.74) is 2.53. The van der Waals surface area contributed by atoms with Crippen LogP contribution in [0.3, 0.4) is 0 Å². The number of anilines is 2. The Labute approximate surface area is 147 Å². The monoisotopic (exact) mass is 342 g/mol. The fourth-order valence-electron chi connectivity index (χ4n) is 2.10. The van der Waals surface area contributed by atoms with Crippen molar-refractivity contribution in [3.63, 3.8) is 0 Å². The summed E-state index contributed by atoms with van der Waals surface area (Å²) >= 11 is 0.